The molecule has 3 heterocycles. The van der Waals surface area contributed by atoms with Gasteiger partial charge in [-0.05, 0) is 62.1 Å². The number of carbonyl (C=O) groups excluding carboxylic acids is 1. The van der Waals surface area contributed by atoms with Gasteiger partial charge in [0.15, 0.2) is 0 Å². The molecular weight excluding hydrogens is 422 g/mol. The van der Waals surface area contributed by atoms with Crippen molar-refractivity contribution in [1.29, 1.82) is 0 Å². The lowest BCUT2D eigenvalue weighted by Gasteiger charge is -2.32. The fraction of sp³-hybridized carbons (Fsp3) is 0.321. The van der Waals surface area contributed by atoms with Crippen LogP contribution in [-0.2, 0) is 17.9 Å². The minimum atomic E-state index is 0.0248. The molecule has 1 fully saturated rings. The van der Waals surface area contributed by atoms with Crippen molar-refractivity contribution in [2.75, 3.05) is 18.0 Å². The van der Waals surface area contributed by atoms with E-state index in [1.54, 1.807) is 6.20 Å². The quantitative estimate of drug-likeness (QED) is 0.462. The van der Waals surface area contributed by atoms with Gasteiger partial charge in [0.05, 0.1) is 29.8 Å². The maximum Gasteiger partial charge on any atom is 0.223 e. The molecule has 0 aliphatic carbocycles. The number of imidazole rings is 1. The number of para-hydroxylation sites is 2. The number of piperidine rings is 1. The van der Waals surface area contributed by atoms with Crippen LogP contribution in [0.5, 0.6) is 0 Å². The van der Waals surface area contributed by atoms with Crippen LogP contribution in [0.1, 0.15) is 35.2 Å². The van der Waals surface area contributed by atoms with Crippen LogP contribution in [0.25, 0.3) is 11.0 Å². The van der Waals surface area contributed by atoms with Crippen LogP contribution in [0, 0.1) is 19.8 Å². The van der Waals surface area contributed by atoms with Crippen LogP contribution in [0.2, 0.25) is 0 Å². The van der Waals surface area contributed by atoms with Gasteiger partial charge in [-0.25, -0.2) is 4.98 Å². The molecule has 2 aromatic carbocycles. The third kappa shape index (κ3) is 4.67. The molecule has 174 valence electrons. The van der Waals surface area contributed by atoms with E-state index in [-0.39, 0.29) is 11.8 Å². The molecule has 1 aliphatic rings. The Bertz CT molecular complexity index is 1290. The number of hydrogen-bond acceptors (Lipinski definition) is 4. The predicted molar refractivity (Wildman–Crippen MR) is 136 cm³/mol. The molecule has 34 heavy (non-hydrogen) atoms. The fourth-order valence-electron chi connectivity index (χ4n) is 4.77. The van der Waals surface area contributed by atoms with Crippen molar-refractivity contribution in [3.05, 3.63) is 89.2 Å². The fourth-order valence-corrected chi connectivity index (χ4v) is 4.77. The first-order valence-electron chi connectivity index (χ1n) is 12.0. The van der Waals surface area contributed by atoms with Crippen LogP contribution in [-0.4, -0.2) is 33.5 Å². The highest BCUT2D eigenvalue weighted by Crippen LogP contribution is 2.28. The Morgan fingerprint density at radius 1 is 1.03 bits per heavy atom. The molecule has 0 bridgehead atoms. The number of aryl methyl sites for hydroxylation is 2. The van der Waals surface area contributed by atoms with Crippen molar-refractivity contribution in [2.45, 2.75) is 39.8 Å². The predicted octanol–water partition coefficient (Wildman–Crippen LogP) is 4.63. The van der Waals surface area contributed by atoms with Gasteiger partial charge in [0, 0.05) is 25.2 Å². The van der Waals surface area contributed by atoms with Crippen LogP contribution < -0.4 is 10.2 Å². The van der Waals surface area contributed by atoms with E-state index < -0.39 is 0 Å². The first kappa shape index (κ1) is 22.1. The number of benzene rings is 2. The number of rotatable bonds is 6. The Balaban J connectivity index is 1.31. The van der Waals surface area contributed by atoms with Crippen molar-refractivity contribution < 1.29 is 4.79 Å². The lowest BCUT2D eigenvalue weighted by atomic mass is 9.96. The third-order valence-corrected chi connectivity index (χ3v) is 6.79. The molecule has 6 nitrogen and oxygen atoms in total. The van der Waals surface area contributed by atoms with Crippen molar-refractivity contribution in [3.8, 4) is 0 Å². The number of anilines is 1. The zero-order chi connectivity index (χ0) is 23.5. The SMILES string of the molecule is Cc1ccc(C)c(Cn2c(N3CCC(C(=O)NCc4ccccn4)CC3)nc3ccccc32)c1. The molecule has 1 amide bonds. The summed E-state index contributed by atoms with van der Waals surface area (Å²) in [6, 6.07) is 20.7. The number of aromatic nitrogens is 3. The lowest BCUT2D eigenvalue weighted by molar-refractivity contribution is -0.125. The summed E-state index contributed by atoms with van der Waals surface area (Å²) in [6.45, 7) is 7.21. The number of amides is 1. The number of carbonyl (C=O) groups is 1. The minimum absolute atomic E-state index is 0.0248. The Morgan fingerprint density at radius 3 is 2.62 bits per heavy atom. The van der Waals surface area contributed by atoms with Gasteiger partial charge in [-0.3, -0.25) is 9.78 Å². The van der Waals surface area contributed by atoms with Crippen molar-refractivity contribution >= 4 is 22.9 Å². The van der Waals surface area contributed by atoms with E-state index >= 15 is 0 Å². The molecule has 0 saturated carbocycles. The first-order chi connectivity index (χ1) is 16.6. The van der Waals surface area contributed by atoms with Gasteiger partial charge < -0.3 is 14.8 Å². The third-order valence-electron chi connectivity index (χ3n) is 6.79. The first-order valence-corrected chi connectivity index (χ1v) is 12.0. The normalized spacial score (nSPS) is 14.5. The Morgan fingerprint density at radius 2 is 1.82 bits per heavy atom. The van der Waals surface area contributed by atoms with E-state index in [9.17, 15) is 4.79 Å². The smallest absolute Gasteiger partial charge is 0.223 e. The second-order valence-corrected chi connectivity index (χ2v) is 9.22. The largest absolute Gasteiger partial charge is 0.350 e. The summed E-state index contributed by atoms with van der Waals surface area (Å²) in [5.74, 6) is 1.14. The van der Waals surface area contributed by atoms with Crippen LogP contribution in [0.3, 0.4) is 0 Å². The van der Waals surface area contributed by atoms with Crippen LogP contribution in [0.15, 0.2) is 66.9 Å². The van der Waals surface area contributed by atoms with Gasteiger partial charge in [-0.2, -0.15) is 0 Å². The molecule has 0 radical (unpaired) electrons. The number of nitrogens with one attached hydrogen (secondary N) is 1. The van der Waals surface area contributed by atoms with Gasteiger partial charge in [0.2, 0.25) is 11.9 Å². The van der Waals surface area contributed by atoms with E-state index in [1.807, 2.05) is 24.3 Å². The van der Waals surface area contributed by atoms with Gasteiger partial charge in [-0.15, -0.1) is 0 Å². The number of fused-ring (bicyclic) bond motifs is 1. The molecule has 0 unspecified atom stereocenters. The van der Waals surface area contributed by atoms with Gasteiger partial charge in [0.1, 0.15) is 0 Å². The zero-order valence-corrected chi connectivity index (χ0v) is 19.9. The summed E-state index contributed by atoms with van der Waals surface area (Å²) in [5, 5.41) is 3.06. The standard InChI is InChI=1S/C28H31N5O/c1-20-10-11-21(2)23(17-20)19-33-26-9-4-3-8-25(26)31-28(33)32-15-12-22(13-16-32)27(34)30-18-24-7-5-6-14-29-24/h3-11,14,17,22H,12-13,15-16,18-19H2,1-2H3,(H,30,34). The van der Waals surface area contributed by atoms with Crippen molar-refractivity contribution in [3.63, 3.8) is 0 Å². The Labute approximate surface area is 200 Å². The summed E-state index contributed by atoms with van der Waals surface area (Å²) >= 11 is 0. The molecule has 1 saturated heterocycles. The summed E-state index contributed by atoms with van der Waals surface area (Å²) in [7, 11) is 0. The molecule has 5 rings (SSSR count). The second kappa shape index (κ2) is 9.67. The molecule has 2 aromatic heterocycles. The number of nitrogens with zero attached hydrogens (tertiary/aromatic N) is 4. The molecule has 6 heteroatoms. The van der Waals surface area contributed by atoms with Gasteiger partial charge in [0.25, 0.3) is 0 Å². The van der Waals surface area contributed by atoms with Crippen molar-refractivity contribution in [2.24, 2.45) is 5.92 Å². The second-order valence-electron chi connectivity index (χ2n) is 9.22. The summed E-state index contributed by atoms with van der Waals surface area (Å²) in [4.78, 5) is 24.4. The van der Waals surface area contributed by atoms with E-state index in [0.717, 1.165) is 55.2 Å². The molecule has 0 atom stereocenters. The topological polar surface area (TPSA) is 63.1 Å². The van der Waals surface area contributed by atoms with E-state index in [1.165, 1.54) is 16.7 Å². The summed E-state index contributed by atoms with van der Waals surface area (Å²) < 4.78 is 2.33. The Kier molecular flexibility index (Phi) is 6.30. The number of hydrogen-bond donors (Lipinski definition) is 1. The molecule has 1 N–H and O–H groups in total. The highest BCUT2D eigenvalue weighted by molar-refractivity contribution is 5.80. The average molecular weight is 454 g/mol. The molecule has 0 spiro atoms. The van der Waals surface area contributed by atoms with Crippen LogP contribution >= 0.6 is 0 Å². The van der Waals surface area contributed by atoms with Crippen molar-refractivity contribution in [1.82, 2.24) is 19.9 Å². The average Bonchev–Trinajstić information content (AvgIpc) is 3.24. The zero-order valence-electron chi connectivity index (χ0n) is 19.9. The minimum Gasteiger partial charge on any atom is -0.350 e. The molecular formula is C28H31N5O. The molecule has 4 aromatic rings. The maximum absolute atomic E-state index is 12.8. The van der Waals surface area contributed by atoms with E-state index in [4.69, 9.17) is 4.98 Å². The lowest BCUT2D eigenvalue weighted by Crippen LogP contribution is -2.41. The van der Waals surface area contributed by atoms with E-state index in [0.29, 0.717) is 6.54 Å². The summed E-state index contributed by atoms with van der Waals surface area (Å²) in [5.41, 5.74) is 6.91. The highest BCUT2D eigenvalue weighted by Gasteiger charge is 2.27. The monoisotopic (exact) mass is 453 g/mol. The van der Waals surface area contributed by atoms with Gasteiger partial charge >= 0.3 is 0 Å². The highest BCUT2D eigenvalue weighted by atomic mass is 16.1. The maximum atomic E-state index is 12.8. The summed E-state index contributed by atoms with van der Waals surface area (Å²) in [6.07, 6.45) is 3.39. The molecule has 1 aliphatic heterocycles. The number of pyridine rings is 1. The van der Waals surface area contributed by atoms with Gasteiger partial charge in [-0.1, -0.05) is 42.0 Å². The Hall–Kier alpha value is -3.67. The van der Waals surface area contributed by atoms with E-state index in [2.05, 4.69) is 70.0 Å². The van der Waals surface area contributed by atoms with Crippen LogP contribution in [0.4, 0.5) is 5.95 Å².